The van der Waals surface area contributed by atoms with Crippen molar-refractivity contribution in [3.05, 3.63) is 17.5 Å². The van der Waals surface area contributed by atoms with E-state index in [4.69, 9.17) is 11.6 Å². The van der Waals surface area contributed by atoms with Crippen molar-refractivity contribution in [2.24, 2.45) is 7.05 Å². The topological polar surface area (TPSA) is 29.9 Å². The third kappa shape index (κ3) is 4.14. The minimum Gasteiger partial charge on any atom is -0.311 e. The molecule has 0 aromatic carbocycles. The van der Waals surface area contributed by atoms with Gasteiger partial charge in [-0.05, 0) is 31.9 Å². The van der Waals surface area contributed by atoms with Crippen LogP contribution in [0.2, 0.25) is 0 Å². The summed E-state index contributed by atoms with van der Waals surface area (Å²) in [5, 5.41) is 8.11. The van der Waals surface area contributed by atoms with Crippen LogP contribution in [0.5, 0.6) is 0 Å². The molecule has 3 nitrogen and oxygen atoms in total. The second-order valence-electron chi connectivity index (χ2n) is 4.08. The predicted octanol–water partition coefficient (Wildman–Crippen LogP) is 2.48. The van der Waals surface area contributed by atoms with Gasteiger partial charge in [0.15, 0.2) is 0 Å². The number of nitrogens with zero attached hydrogens (tertiary/aromatic N) is 2. The molecular formula is C12H22ClN3. The summed E-state index contributed by atoms with van der Waals surface area (Å²) in [7, 11) is 1.99. The average molecular weight is 244 g/mol. The van der Waals surface area contributed by atoms with Crippen LogP contribution in [0.4, 0.5) is 0 Å². The average Bonchev–Trinajstić information content (AvgIpc) is 2.65. The number of nitrogens with one attached hydrogen (secondary N) is 1. The van der Waals surface area contributed by atoms with Crippen molar-refractivity contribution < 1.29 is 0 Å². The van der Waals surface area contributed by atoms with Crippen LogP contribution in [-0.2, 0) is 20.0 Å². The molecule has 0 aliphatic rings. The van der Waals surface area contributed by atoms with Gasteiger partial charge in [0, 0.05) is 19.0 Å². The standard InChI is InChI=1S/C12H22ClN3/c1-4-10(13)6-7-14-9-12-8-11(5-2)15-16(12)3/h8,10,14H,4-7,9H2,1-3H3. The molecule has 1 aromatic rings. The maximum atomic E-state index is 6.05. The zero-order valence-electron chi connectivity index (χ0n) is 10.5. The molecule has 0 radical (unpaired) electrons. The second-order valence-corrected chi connectivity index (χ2v) is 4.69. The molecule has 0 bridgehead atoms. The Morgan fingerprint density at radius 3 is 2.81 bits per heavy atom. The van der Waals surface area contributed by atoms with Gasteiger partial charge in [-0.2, -0.15) is 5.10 Å². The van der Waals surface area contributed by atoms with E-state index in [0.717, 1.165) is 38.0 Å². The third-order valence-electron chi connectivity index (χ3n) is 2.77. The Morgan fingerprint density at radius 2 is 2.25 bits per heavy atom. The quantitative estimate of drug-likeness (QED) is 0.589. The maximum Gasteiger partial charge on any atom is 0.0625 e. The summed E-state index contributed by atoms with van der Waals surface area (Å²) < 4.78 is 1.95. The van der Waals surface area contributed by atoms with Crippen LogP contribution in [0, 0.1) is 0 Å². The van der Waals surface area contributed by atoms with E-state index in [2.05, 4.69) is 30.3 Å². The van der Waals surface area contributed by atoms with Gasteiger partial charge in [-0.3, -0.25) is 4.68 Å². The van der Waals surface area contributed by atoms with Crippen molar-refractivity contribution in [3.63, 3.8) is 0 Å². The molecule has 0 saturated carbocycles. The van der Waals surface area contributed by atoms with Crippen LogP contribution >= 0.6 is 11.6 Å². The molecule has 1 N–H and O–H groups in total. The number of rotatable bonds is 7. The summed E-state index contributed by atoms with van der Waals surface area (Å²) >= 11 is 6.05. The number of hydrogen-bond donors (Lipinski definition) is 1. The number of halogens is 1. The lowest BCUT2D eigenvalue weighted by Gasteiger charge is -2.07. The first-order valence-electron chi connectivity index (χ1n) is 6.03. The van der Waals surface area contributed by atoms with Crippen molar-refractivity contribution in [1.82, 2.24) is 15.1 Å². The normalized spacial score (nSPS) is 13.0. The minimum absolute atomic E-state index is 0.297. The van der Waals surface area contributed by atoms with E-state index in [0.29, 0.717) is 5.38 Å². The lowest BCUT2D eigenvalue weighted by molar-refractivity contribution is 0.591. The highest BCUT2D eigenvalue weighted by atomic mass is 35.5. The molecule has 1 atom stereocenters. The van der Waals surface area contributed by atoms with E-state index < -0.39 is 0 Å². The van der Waals surface area contributed by atoms with E-state index in [9.17, 15) is 0 Å². The van der Waals surface area contributed by atoms with Crippen molar-refractivity contribution in [1.29, 1.82) is 0 Å². The first kappa shape index (κ1) is 13.5. The van der Waals surface area contributed by atoms with Gasteiger partial charge in [-0.1, -0.05) is 13.8 Å². The van der Waals surface area contributed by atoms with Crippen LogP contribution in [0.25, 0.3) is 0 Å². The molecule has 16 heavy (non-hydrogen) atoms. The van der Waals surface area contributed by atoms with Crippen LogP contribution < -0.4 is 5.32 Å². The van der Waals surface area contributed by atoms with Crippen molar-refractivity contribution in [3.8, 4) is 0 Å². The Morgan fingerprint density at radius 1 is 1.50 bits per heavy atom. The number of hydrogen-bond acceptors (Lipinski definition) is 2. The molecule has 4 heteroatoms. The number of alkyl halides is 1. The molecule has 0 amide bonds. The fourth-order valence-corrected chi connectivity index (χ4v) is 1.70. The zero-order chi connectivity index (χ0) is 12.0. The SMILES string of the molecule is CCc1cc(CNCCC(Cl)CC)n(C)n1. The molecule has 1 unspecified atom stereocenters. The molecule has 0 spiro atoms. The zero-order valence-corrected chi connectivity index (χ0v) is 11.2. The van der Waals surface area contributed by atoms with Gasteiger partial charge in [0.05, 0.1) is 11.4 Å². The highest BCUT2D eigenvalue weighted by molar-refractivity contribution is 6.20. The molecule has 0 aliphatic carbocycles. The highest BCUT2D eigenvalue weighted by Crippen LogP contribution is 2.06. The first-order chi connectivity index (χ1) is 7.67. The van der Waals surface area contributed by atoms with E-state index in [-0.39, 0.29) is 0 Å². The maximum absolute atomic E-state index is 6.05. The largest absolute Gasteiger partial charge is 0.311 e. The summed E-state index contributed by atoms with van der Waals surface area (Å²) in [5.41, 5.74) is 2.39. The minimum atomic E-state index is 0.297. The van der Waals surface area contributed by atoms with E-state index >= 15 is 0 Å². The molecule has 1 rings (SSSR count). The highest BCUT2D eigenvalue weighted by Gasteiger charge is 2.04. The van der Waals surface area contributed by atoms with Gasteiger partial charge in [-0.25, -0.2) is 0 Å². The number of aryl methyl sites for hydroxylation is 2. The molecular weight excluding hydrogens is 222 g/mol. The summed E-state index contributed by atoms with van der Waals surface area (Å²) in [5.74, 6) is 0. The lowest BCUT2D eigenvalue weighted by Crippen LogP contribution is -2.19. The van der Waals surface area contributed by atoms with Gasteiger partial charge in [0.25, 0.3) is 0 Å². The molecule has 0 saturated heterocycles. The van der Waals surface area contributed by atoms with Gasteiger partial charge in [-0.15, -0.1) is 11.6 Å². The van der Waals surface area contributed by atoms with Crippen LogP contribution in [0.3, 0.4) is 0 Å². The van der Waals surface area contributed by atoms with Gasteiger partial charge >= 0.3 is 0 Å². The summed E-state index contributed by atoms with van der Waals surface area (Å²) in [4.78, 5) is 0. The predicted molar refractivity (Wildman–Crippen MR) is 68.8 cm³/mol. The smallest absolute Gasteiger partial charge is 0.0625 e. The summed E-state index contributed by atoms with van der Waals surface area (Å²) in [6.45, 7) is 6.08. The Kier molecular flexibility index (Phi) is 5.85. The third-order valence-corrected chi connectivity index (χ3v) is 3.30. The van der Waals surface area contributed by atoms with E-state index in [1.165, 1.54) is 5.69 Å². The Labute approximate surface area is 103 Å². The van der Waals surface area contributed by atoms with Crippen LogP contribution in [0.1, 0.15) is 38.1 Å². The summed E-state index contributed by atoms with van der Waals surface area (Å²) in [6, 6.07) is 2.16. The second kappa shape index (κ2) is 6.92. The molecule has 0 aliphatic heterocycles. The Hall–Kier alpha value is -0.540. The molecule has 1 aromatic heterocycles. The van der Waals surface area contributed by atoms with Gasteiger partial charge in [0.2, 0.25) is 0 Å². The van der Waals surface area contributed by atoms with Crippen LogP contribution in [-0.4, -0.2) is 21.7 Å². The Bertz CT molecular complexity index is 309. The molecule has 92 valence electrons. The fraction of sp³-hybridized carbons (Fsp3) is 0.750. The monoisotopic (exact) mass is 243 g/mol. The Balaban J connectivity index is 2.28. The van der Waals surface area contributed by atoms with Crippen molar-refractivity contribution in [2.45, 2.75) is 45.0 Å². The summed E-state index contributed by atoms with van der Waals surface area (Å²) in [6.07, 6.45) is 3.05. The number of aromatic nitrogens is 2. The lowest BCUT2D eigenvalue weighted by atomic mass is 10.2. The van der Waals surface area contributed by atoms with Crippen LogP contribution in [0.15, 0.2) is 6.07 Å². The molecule has 0 fully saturated rings. The fourth-order valence-electron chi connectivity index (χ4n) is 1.59. The van der Waals surface area contributed by atoms with E-state index in [1.807, 2.05) is 11.7 Å². The van der Waals surface area contributed by atoms with Gasteiger partial charge in [0.1, 0.15) is 0 Å². The molecule has 1 heterocycles. The van der Waals surface area contributed by atoms with Gasteiger partial charge < -0.3 is 5.32 Å². The van der Waals surface area contributed by atoms with Crippen molar-refractivity contribution >= 4 is 11.6 Å². The van der Waals surface area contributed by atoms with Crippen molar-refractivity contribution in [2.75, 3.05) is 6.54 Å². The first-order valence-corrected chi connectivity index (χ1v) is 6.47. The van der Waals surface area contributed by atoms with E-state index in [1.54, 1.807) is 0 Å².